The highest BCUT2D eigenvalue weighted by molar-refractivity contribution is 7.89. The fourth-order valence-electron chi connectivity index (χ4n) is 3.62. The summed E-state index contributed by atoms with van der Waals surface area (Å²) >= 11 is 0. The number of rotatable bonds is 4. The van der Waals surface area contributed by atoms with Crippen molar-refractivity contribution >= 4 is 27.0 Å². The second kappa shape index (κ2) is 5.68. The number of oxazole rings is 1. The Balaban J connectivity index is 1.60. The van der Waals surface area contributed by atoms with Gasteiger partial charge in [0.15, 0.2) is 5.58 Å². The van der Waals surface area contributed by atoms with Gasteiger partial charge in [-0.2, -0.15) is 0 Å². The standard InChI is InChI=1S/C15H17N3O6S/c1-7(19)16-13-12(9-4-5-23-14(9)13)18-25(21,22)8-2-3-11-10(6-8)17-15(20)24-11/h2-3,6,9,12-14,18H,4-5H2,1H3,(H,16,19)(H,17,20)/t9-,12+,13-,14-/m1/s1. The van der Waals surface area contributed by atoms with E-state index in [1.54, 1.807) is 0 Å². The zero-order chi connectivity index (χ0) is 17.8. The molecule has 25 heavy (non-hydrogen) atoms. The maximum atomic E-state index is 12.7. The van der Waals surface area contributed by atoms with Gasteiger partial charge in [-0.1, -0.05) is 0 Å². The highest BCUT2D eigenvalue weighted by atomic mass is 32.2. The summed E-state index contributed by atoms with van der Waals surface area (Å²) in [7, 11) is -3.83. The fraction of sp³-hybridized carbons (Fsp3) is 0.467. The number of fused-ring (bicyclic) bond motifs is 2. The number of H-pyrrole nitrogens is 1. The van der Waals surface area contributed by atoms with Crippen molar-refractivity contribution in [3.05, 3.63) is 28.7 Å². The van der Waals surface area contributed by atoms with Crippen molar-refractivity contribution in [2.45, 2.75) is 36.4 Å². The molecule has 2 aliphatic rings. The quantitative estimate of drug-likeness (QED) is 0.680. The Kier molecular flexibility index (Phi) is 3.71. The molecule has 0 spiro atoms. The molecule has 134 valence electrons. The second-order valence-electron chi connectivity index (χ2n) is 6.33. The molecule has 1 saturated carbocycles. The summed E-state index contributed by atoms with van der Waals surface area (Å²) < 4.78 is 38.6. The van der Waals surface area contributed by atoms with Gasteiger partial charge in [0.05, 0.1) is 28.6 Å². The van der Waals surface area contributed by atoms with E-state index in [4.69, 9.17) is 9.15 Å². The van der Waals surface area contributed by atoms with Gasteiger partial charge in [-0.3, -0.25) is 9.78 Å². The first kappa shape index (κ1) is 16.3. The van der Waals surface area contributed by atoms with Crippen LogP contribution in [0.2, 0.25) is 0 Å². The average molecular weight is 367 g/mol. The van der Waals surface area contributed by atoms with Crippen LogP contribution in [0.15, 0.2) is 32.3 Å². The van der Waals surface area contributed by atoms with E-state index in [1.807, 2.05) is 0 Å². The average Bonchev–Trinajstić information content (AvgIpc) is 3.12. The number of carbonyl (C=O) groups is 1. The Morgan fingerprint density at radius 3 is 2.88 bits per heavy atom. The molecular weight excluding hydrogens is 350 g/mol. The maximum Gasteiger partial charge on any atom is 0.417 e. The summed E-state index contributed by atoms with van der Waals surface area (Å²) in [6.45, 7) is 1.93. The van der Waals surface area contributed by atoms with E-state index in [9.17, 15) is 18.0 Å². The number of amides is 1. The van der Waals surface area contributed by atoms with E-state index in [-0.39, 0.29) is 28.4 Å². The zero-order valence-corrected chi connectivity index (χ0v) is 14.1. The van der Waals surface area contributed by atoms with Gasteiger partial charge in [-0.15, -0.1) is 0 Å². The molecular formula is C15H17N3O6S. The molecule has 10 heteroatoms. The van der Waals surface area contributed by atoms with Crippen LogP contribution in [-0.4, -0.2) is 44.1 Å². The number of aromatic amines is 1. The van der Waals surface area contributed by atoms with Crippen LogP contribution in [0.5, 0.6) is 0 Å². The van der Waals surface area contributed by atoms with Gasteiger partial charge in [0.2, 0.25) is 15.9 Å². The number of aromatic nitrogens is 1. The minimum absolute atomic E-state index is 0.0148. The number of hydrogen-bond acceptors (Lipinski definition) is 6. The van der Waals surface area contributed by atoms with Gasteiger partial charge in [-0.05, 0) is 24.6 Å². The minimum atomic E-state index is -3.83. The first-order valence-electron chi connectivity index (χ1n) is 7.89. The normalized spacial score (nSPS) is 28.5. The van der Waals surface area contributed by atoms with E-state index < -0.39 is 27.9 Å². The molecule has 4 rings (SSSR count). The third-order valence-electron chi connectivity index (χ3n) is 4.75. The second-order valence-corrected chi connectivity index (χ2v) is 8.05. The molecule has 9 nitrogen and oxygen atoms in total. The Morgan fingerprint density at radius 2 is 2.12 bits per heavy atom. The van der Waals surface area contributed by atoms with Gasteiger partial charge >= 0.3 is 5.76 Å². The van der Waals surface area contributed by atoms with Gasteiger partial charge < -0.3 is 14.5 Å². The van der Waals surface area contributed by atoms with Crippen LogP contribution in [0.25, 0.3) is 11.1 Å². The molecule has 2 heterocycles. The summed E-state index contributed by atoms with van der Waals surface area (Å²) in [6.07, 6.45) is 0.575. The molecule has 3 N–H and O–H groups in total. The van der Waals surface area contributed by atoms with Crippen LogP contribution in [0.4, 0.5) is 0 Å². The van der Waals surface area contributed by atoms with Crippen LogP contribution in [-0.2, 0) is 19.6 Å². The third kappa shape index (κ3) is 2.75. The molecule has 1 aliphatic heterocycles. The molecule has 2 aromatic rings. The van der Waals surface area contributed by atoms with Crippen molar-refractivity contribution < 1.29 is 22.4 Å². The Hall–Kier alpha value is -2.17. The van der Waals surface area contributed by atoms with E-state index in [1.165, 1.54) is 25.1 Å². The summed E-state index contributed by atoms with van der Waals surface area (Å²) in [5.74, 6) is -0.849. The summed E-state index contributed by atoms with van der Waals surface area (Å²) in [5, 5.41) is 2.75. The molecule has 1 aliphatic carbocycles. The van der Waals surface area contributed by atoms with Crippen LogP contribution in [0.1, 0.15) is 13.3 Å². The first-order valence-corrected chi connectivity index (χ1v) is 9.37. The summed E-state index contributed by atoms with van der Waals surface area (Å²) in [6, 6.07) is 3.32. The minimum Gasteiger partial charge on any atom is -0.408 e. The fourth-order valence-corrected chi connectivity index (χ4v) is 4.96. The summed E-state index contributed by atoms with van der Waals surface area (Å²) in [4.78, 5) is 25.0. The van der Waals surface area contributed by atoms with Crippen molar-refractivity contribution in [2.75, 3.05) is 6.61 Å². The van der Waals surface area contributed by atoms with Crippen molar-refractivity contribution in [2.24, 2.45) is 5.92 Å². The van der Waals surface area contributed by atoms with Gasteiger partial charge in [0, 0.05) is 19.4 Å². The largest absolute Gasteiger partial charge is 0.417 e. The smallest absolute Gasteiger partial charge is 0.408 e. The van der Waals surface area contributed by atoms with E-state index >= 15 is 0 Å². The Labute approximate surface area is 142 Å². The molecule has 1 amide bonds. The lowest BCUT2D eigenvalue weighted by atomic mass is 9.72. The topological polar surface area (TPSA) is 130 Å². The molecule has 1 aromatic heterocycles. The van der Waals surface area contributed by atoms with Crippen molar-refractivity contribution in [1.82, 2.24) is 15.0 Å². The lowest BCUT2D eigenvalue weighted by Gasteiger charge is -2.47. The highest BCUT2D eigenvalue weighted by Gasteiger charge is 2.55. The number of nitrogens with one attached hydrogen (secondary N) is 3. The number of hydrogen-bond donors (Lipinski definition) is 3. The SMILES string of the molecule is CC(=O)N[C@@H]1[C@@H](NS(=O)(=O)c2ccc3oc(=O)[nH]c3c2)[C@H]2CCO[C@H]21. The molecule has 1 saturated heterocycles. The molecule has 0 radical (unpaired) electrons. The third-order valence-corrected chi connectivity index (χ3v) is 6.20. The first-order chi connectivity index (χ1) is 11.8. The molecule has 4 atom stereocenters. The maximum absolute atomic E-state index is 12.7. The van der Waals surface area contributed by atoms with Crippen LogP contribution in [0.3, 0.4) is 0 Å². The lowest BCUT2D eigenvalue weighted by molar-refractivity contribution is -0.123. The monoisotopic (exact) mass is 367 g/mol. The van der Waals surface area contributed by atoms with Crippen molar-refractivity contribution in [3.63, 3.8) is 0 Å². The van der Waals surface area contributed by atoms with Gasteiger partial charge in [0.25, 0.3) is 0 Å². The van der Waals surface area contributed by atoms with Crippen molar-refractivity contribution in [1.29, 1.82) is 0 Å². The van der Waals surface area contributed by atoms with Crippen molar-refractivity contribution in [3.8, 4) is 0 Å². The lowest BCUT2D eigenvalue weighted by Crippen LogP contribution is -2.70. The number of ether oxygens (including phenoxy) is 1. The predicted molar refractivity (Wildman–Crippen MR) is 86.4 cm³/mol. The number of sulfonamides is 1. The van der Waals surface area contributed by atoms with Gasteiger partial charge in [0.1, 0.15) is 0 Å². The number of carbonyl (C=O) groups excluding carboxylic acids is 1. The van der Waals surface area contributed by atoms with Crippen LogP contribution >= 0.6 is 0 Å². The molecule has 2 fully saturated rings. The van der Waals surface area contributed by atoms with E-state index in [0.29, 0.717) is 12.1 Å². The number of benzene rings is 1. The Bertz CT molecular complexity index is 994. The molecule has 1 aromatic carbocycles. The highest BCUT2D eigenvalue weighted by Crippen LogP contribution is 2.39. The van der Waals surface area contributed by atoms with Crippen LogP contribution in [0, 0.1) is 5.92 Å². The molecule has 0 unspecified atom stereocenters. The Morgan fingerprint density at radius 1 is 1.32 bits per heavy atom. The summed E-state index contributed by atoms with van der Waals surface area (Å²) in [5.41, 5.74) is 0.593. The van der Waals surface area contributed by atoms with Gasteiger partial charge in [-0.25, -0.2) is 17.9 Å². The van der Waals surface area contributed by atoms with E-state index in [0.717, 1.165) is 6.42 Å². The van der Waals surface area contributed by atoms with Crippen LogP contribution < -0.4 is 15.8 Å². The zero-order valence-electron chi connectivity index (χ0n) is 13.3. The molecule has 0 bridgehead atoms. The predicted octanol–water partition coefficient (Wildman–Crippen LogP) is -0.309. The van der Waals surface area contributed by atoms with E-state index in [2.05, 4.69) is 15.0 Å².